The normalized spacial score (nSPS) is 13.9. The SMILES string of the molecule is CCc1ccc(CC(CSC(C)(C)C)NN)s1. The van der Waals surface area contributed by atoms with Crippen LogP contribution in [-0.4, -0.2) is 16.5 Å². The van der Waals surface area contributed by atoms with Gasteiger partial charge in [0.05, 0.1) is 0 Å². The quantitative estimate of drug-likeness (QED) is 0.617. The Hall–Kier alpha value is -0.0300. The molecule has 0 aromatic carbocycles. The molecule has 4 heteroatoms. The van der Waals surface area contributed by atoms with Gasteiger partial charge in [0, 0.05) is 26.3 Å². The Morgan fingerprint density at radius 3 is 2.47 bits per heavy atom. The first-order chi connectivity index (χ1) is 7.94. The Morgan fingerprint density at radius 2 is 2.00 bits per heavy atom. The number of aryl methyl sites for hydroxylation is 1. The summed E-state index contributed by atoms with van der Waals surface area (Å²) in [6, 6.07) is 4.82. The van der Waals surface area contributed by atoms with Gasteiger partial charge < -0.3 is 0 Å². The Morgan fingerprint density at radius 1 is 1.35 bits per heavy atom. The van der Waals surface area contributed by atoms with Crippen LogP contribution in [0.25, 0.3) is 0 Å². The molecule has 1 atom stereocenters. The molecule has 0 saturated heterocycles. The molecule has 0 amide bonds. The van der Waals surface area contributed by atoms with E-state index in [-0.39, 0.29) is 0 Å². The lowest BCUT2D eigenvalue weighted by Crippen LogP contribution is -2.39. The van der Waals surface area contributed by atoms with Gasteiger partial charge in [0.15, 0.2) is 0 Å². The number of hydrogen-bond acceptors (Lipinski definition) is 4. The molecule has 2 nitrogen and oxygen atoms in total. The van der Waals surface area contributed by atoms with Crippen LogP contribution < -0.4 is 11.3 Å². The Balaban J connectivity index is 2.46. The molecule has 98 valence electrons. The molecule has 0 radical (unpaired) electrons. The third-order valence-corrected chi connectivity index (χ3v) is 5.15. The first kappa shape index (κ1) is 15.0. The summed E-state index contributed by atoms with van der Waals surface area (Å²) >= 11 is 3.87. The highest BCUT2D eigenvalue weighted by Crippen LogP contribution is 2.25. The summed E-state index contributed by atoms with van der Waals surface area (Å²) in [5, 5.41) is 0. The molecular formula is C13H24N2S2. The highest BCUT2D eigenvalue weighted by molar-refractivity contribution is 8.00. The molecule has 0 saturated carbocycles. The van der Waals surface area contributed by atoms with Crippen LogP contribution in [-0.2, 0) is 12.8 Å². The largest absolute Gasteiger partial charge is 0.271 e. The second-order valence-electron chi connectivity index (χ2n) is 5.21. The smallest absolute Gasteiger partial charge is 0.0349 e. The number of rotatable bonds is 6. The number of hydrogen-bond donors (Lipinski definition) is 2. The highest BCUT2D eigenvalue weighted by atomic mass is 32.2. The molecule has 0 aliphatic heterocycles. The molecule has 1 rings (SSSR count). The molecule has 1 aromatic heterocycles. The van der Waals surface area contributed by atoms with Crippen LogP contribution in [0.3, 0.4) is 0 Å². The van der Waals surface area contributed by atoms with Crippen LogP contribution in [0.2, 0.25) is 0 Å². The first-order valence-electron chi connectivity index (χ1n) is 6.12. The van der Waals surface area contributed by atoms with Crippen LogP contribution in [0, 0.1) is 0 Å². The van der Waals surface area contributed by atoms with Gasteiger partial charge in [0.2, 0.25) is 0 Å². The molecule has 0 spiro atoms. The van der Waals surface area contributed by atoms with Gasteiger partial charge in [-0.25, -0.2) is 0 Å². The van der Waals surface area contributed by atoms with Gasteiger partial charge in [-0.3, -0.25) is 11.3 Å². The Labute approximate surface area is 113 Å². The molecular weight excluding hydrogens is 248 g/mol. The molecule has 0 fully saturated rings. The van der Waals surface area contributed by atoms with E-state index in [9.17, 15) is 0 Å². The molecule has 3 N–H and O–H groups in total. The van der Waals surface area contributed by atoms with Crippen molar-refractivity contribution in [2.45, 2.75) is 51.3 Å². The van der Waals surface area contributed by atoms with E-state index in [1.54, 1.807) is 0 Å². The topological polar surface area (TPSA) is 38.0 Å². The summed E-state index contributed by atoms with van der Waals surface area (Å²) in [4.78, 5) is 2.89. The van der Waals surface area contributed by atoms with Gasteiger partial charge in [-0.05, 0) is 25.0 Å². The van der Waals surface area contributed by atoms with Crippen molar-refractivity contribution in [2.75, 3.05) is 5.75 Å². The number of thioether (sulfide) groups is 1. The van der Waals surface area contributed by atoms with Crippen molar-refractivity contribution in [3.63, 3.8) is 0 Å². The van der Waals surface area contributed by atoms with Crippen molar-refractivity contribution >= 4 is 23.1 Å². The van der Waals surface area contributed by atoms with Crippen molar-refractivity contribution in [2.24, 2.45) is 5.84 Å². The zero-order valence-corrected chi connectivity index (χ0v) is 12.9. The summed E-state index contributed by atoms with van der Waals surface area (Å²) < 4.78 is 0.305. The lowest BCUT2D eigenvalue weighted by molar-refractivity contribution is 0.577. The number of nitrogens with one attached hydrogen (secondary N) is 1. The van der Waals surface area contributed by atoms with Crippen molar-refractivity contribution in [3.05, 3.63) is 21.9 Å². The minimum absolute atomic E-state index is 0.305. The average molecular weight is 272 g/mol. The van der Waals surface area contributed by atoms with Crippen molar-refractivity contribution in [3.8, 4) is 0 Å². The predicted octanol–water partition coefficient (Wildman–Crippen LogP) is 3.22. The maximum atomic E-state index is 5.63. The molecule has 0 bridgehead atoms. The lowest BCUT2D eigenvalue weighted by Gasteiger charge is -2.22. The lowest BCUT2D eigenvalue weighted by atomic mass is 10.2. The van der Waals surface area contributed by atoms with Gasteiger partial charge in [0.1, 0.15) is 0 Å². The second kappa shape index (κ2) is 6.78. The summed E-state index contributed by atoms with van der Waals surface area (Å²) in [5.74, 6) is 6.69. The van der Waals surface area contributed by atoms with E-state index >= 15 is 0 Å². The first-order valence-corrected chi connectivity index (χ1v) is 7.92. The third kappa shape index (κ3) is 5.91. The van der Waals surface area contributed by atoms with E-state index in [4.69, 9.17) is 5.84 Å². The van der Waals surface area contributed by atoms with Gasteiger partial charge in [-0.1, -0.05) is 27.7 Å². The van der Waals surface area contributed by atoms with E-state index in [1.165, 1.54) is 9.75 Å². The average Bonchev–Trinajstić information content (AvgIpc) is 2.70. The zero-order chi connectivity index (χ0) is 12.9. The maximum Gasteiger partial charge on any atom is 0.0349 e. The van der Waals surface area contributed by atoms with E-state index in [1.807, 2.05) is 23.1 Å². The van der Waals surface area contributed by atoms with Crippen molar-refractivity contribution in [1.82, 2.24) is 5.43 Å². The van der Waals surface area contributed by atoms with Crippen LogP contribution in [0.4, 0.5) is 0 Å². The van der Waals surface area contributed by atoms with Crippen LogP contribution in [0.15, 0.2) is 12.1 Å². The van der Waals surface area contributed by atoms with Gasteiger partial charge in [-0.15, -0.1) is 11.3 Å². The molecule has 1 unspecified atom stereocenters. The minimum Gasteiger partial charge on any atom is -0.271 e. The van der Waals surface area contributed by atoms with Crippen LogP contribution in [0.5, 0.6) is 0 Å². The summed E-state index contributed by atoms with van der Waals surface area (Å²) in [7, 11) is 0. The number of thiophene rings is 1. The van der Waals surface area contributed by atoms with Crippen molar-refractivity contribution in [1.29, 1.82) is 0 Å². The standard InChI is InChI=1S/C13H24N2S2/c1-5-11-6-7-12(17-11)8-10(15-14)9-16-13(2,3)4/h6-7,10,15H,5,8-9,14H2,1-4H3. The minimum atomic E-state index is 0.305. The molecule has 1 aromatic rings. The van der Waals surface area contributed by atoms with Gasteiger partial charge >= 0.3 is 0 Å². The Bertz CT molecular complexity index is 328. The zero-order valence-electron chi connectivity index (χ0n) is 11.2. The fourth-order valence-electron chi connectivity index (χ4n) is 1.48. The van der Waals surface area contributed by atoms with E-state index < -0.39 is 0 Å². The Kier molecular flexibility index (Phi) is 6.00. The van der Waals surface area contributed by atoms with Crippen LogP contribution in [0.1, 0.15) is 37.4 Å². The second-order valence-corrected chi connectivity index (χ2v) is 8.31. The van der Waals surface area contributed by atoms with E-state index in [2.05, 4.69) is 45.3 Å². The van der Waals surface area contributed by atoms with Crippen LogP contribution >= 0.6 is 23.1 Å². The predicted molar refractivity (Wildman–Crippen MR) is 80.7 cm³/mol. The fourth-order valence-corrected chi connectivity index (χ4v) is 3.43. The summed E-state index contributed by atoms with van der Waals surface area (Å²) in [6.07, 6.45) is 2.16. The molecule has 1 heterocycles. The summed E-state index contributed by atoms with van der Waals surface area (Å²) in [6.45, 7) is 8.92. The van der Waals surface area contributed by atoms with Gasteiger partial charge in [-0.2, -0.15) is 11.8 Å². The van der Waals surface area contributed by atoms with E-state index in [0.29, 0.717) is 10.8 Å². The van der Waals surface area contributed by atoms with Gasteiger partial charge in [0.25, 0.3) is 0 Å². The van der Waals surface area contributed by atoms with Crippen molar-refractivity contribution < 1.29 is 0 Å². The molecule has 17 heavy (non-hydrogen) atoms. The third-order valence-electron chi connectivity index (χ3n) is 2.47. The number of nitrogens with two attached hydrogens (primary N) is 1. The molecule has 0 aliphatic carbocycles. The summed E-state index contributed by atoms with van der Waals surface area (Å²) in [5.41, 5.74) is 2.94. The highest BCUT2D eigenvalue weighted by Gasteiger charge is 2.15. The fraction of sp³-hybridized carbons (Fsp3) is 0.692. The monoisotopic (exact) mass is 272 g/mol. The maximum absolute atomic E-state index is 5.63. The number of hydrazine groups is 1. The van der Waals surface area contributed by atoms with E-state index in [0.717, 1.165) is 18.6 Å². The molecule has 0 aliphatic rings.